The normalized spacial score (nSPS) is 20.6. The number of likely N-dealkylation sites (N-methyl/N-ethyl adjacent to an activating group) is 1. The maximum Gasteiger partial charge on any atom is 0.295 e. The summed E-state index contributed by atoms with van der Waals surface area (Å²) in [6.45, 7) is 11.5. The first kappa shape index (κ1) is 25.8. The summed E-state index contributed by atoms with van der Waals surface area (Å²) in [6.07, 6.45) is 1.66. The van der Waals surface area contributed by atoms with Crippen LogP contribution in [0.1, 0.15) is 56.8 Å². The smallest absolute Gasteiger partial charge is 0.295 e. The number of ether oxygens (including phenoxy) is 2. The predicted octanol–water partition coefficient (Wildman–Crippen LogP) is 4.56. The Labute approximate surface area is 213 Å². The predicted molar refractivity (Wildman–Crippen MR) is 139 cm³/mol. The Kier molecular flexibility index (Phi) is 7.99. The van der Waals surface area contributed by atoms with Gasteiger partial charge in [0.05, 0.1) is 18.2 Å². The molecular formula is C29H36N2O5. The summed E-state index contributed by atoms with van der Waals surface area (Å²) in [5.41, 5.74) is 2.34. The fraction of sp³-hybridized carbons (Fsp3) is 0.448. The minimum absolute atomic E-state index is 0.0638. The highest BCUT2D eigenvalue weighted by Gasteiger charge is 2.46. The largest absolute Gasteiger partial charge is 0.507 e. The van der Waals surface area contributed by atoms with Gasteiger partial charge in [0, 0.05) is 25.1 Å². The van der Waals surface area contributed by atoms with Crippen LogP contribution in [-0.2, 0) is 16.0 Å². The topological polar surface area (TPSA) is 79.3 Å². The Morgan fingerprint density at radius 2 is 1.92 bits per heavy atom. The lowest BCUT2D eigenvalue weighted by molar-refractivity contribution is -0.140. The van der Waals surface area contributed by atoms with Crippen LogP contribution in [-0.4, -0.2) is 65.5 Å². The van der Waals surface area contributed by atoms with E-state index in [2.05, 4.69) is 18.7 Å². The van der Waals surface area contributed by atoms with Gasteiger partial charge < -0.3 is 24.4 Å². The summed E-state index contributed by atoms with van der Waals surface area (Å²) in [6, 6.07) is 12.2. The second-order valence-electron chi connectivity index (χ2n) is 9.40. The van der Waals surface area contributed by atoms with Crippen LogP contribution in [0.25, 0.3) is 5.76 Å². The third-order valence-electron chi connectivity index (χ3n) is 6.91. The highest BCUT2D eigenvalue weighted by atomic mass is 16.5. The van der Waals surface area contributed by atoms with E-state index in [1.807, 2.05) is 50.2 Å². The average Bonchev–Trinajstić information content (AvgIpc) is 3.38. The fourth-order valence-corrected chi connectivity index (χ4v) is 4.97. The van der Waals surface area contributed by atoms with Gasteiger partial charge in [-0.05, 0) is 67.9 Å². The minimum Gasteiger partial charge on any atom is -0.507 e. The third-order valence-corrected chi connectivity index (χ3v) is 6.91. The van der Waals surface area contributed by atoms with Gasteiger partial charge in [-0.3, -0.25) is 9.59 Å². The Bertz CT molecular complexity index is 1150. The number of Topliss-reactive ketones (excluding diaryl/α,β-unsaturated/α-hetero) is 1. The summed E-state index contributed by atoms with van der Waals surface area (Å²) in [5, 5.41) is 11.4. The number of hydrogen-bond acceptors (Lipinski definition) is 6. The van der Waals surface area contributed by atoms with Gasteiger partial charge in [0.1, 0.15) is 23.4 Å². The molecule has 2 aliphatic heterocycles. The zero-order chi connectivity index (χ0) is 25.8. The zero-order valence-electron chi connectivity index (χ0n) is 21.6. The molecule has 36 heavy (non-hydrogen) atoms. The molecule has 192 valence electrons. The van der Waals surface area contributed by atoms with Crippen molar-refractivity contribution >= 4 is 17.4 Å². The van der Waals surface area contributed by atoms with Crippen molar-refractivity contribution in [2.75, 3.05) is 32.8 Å². The maximum absolute atomic E-state index is 13.4. The van der Waals surface area contributed by atoms with Crippen LogP contribution >= 0.6 is 0 Å². The Morgan fingerprint density at radius 1 is 1.14 bits per heavy atom. The lowest BCUT2D eigenvalue weighted by atomic mass is 9.94. The molecule has 1 N–H and O–H groups in total. The lowest BCUT2D eigenvalue weighted by Gasteiger charge is -2.28. The van der Waals surface area contributed by atoms with Crippen LogP contribution in [0.15, 0.2) is 48.0 Å². The minimum atomic E-state index is -0.700. The van der Waals surface area contributed by atoms with E-state index in [0.29, 0.717) is 31.0 Å². The van der Waals surface area contributed by atoms with Gasteiger partial charge in [0.25, 0.3) is 11.7 Å². The summed E-state index contributed by atoms with van der Waals surface area (Å²) < 4.78 is 11.6. The molecule has 1 fully saturated rings. The molecule has 0 saturated carbocycles. The number of likely N-dealkylation sites (tertiary alicyclic amines) is 1. The van der Waals surface area contributed by atoms with Crippen LogP contribution in [0.2, 0.25) is 0 Å². The van der Waals surface area contributed by atoms with Crippen LogP contribution in [0.5, 0.6) is 11.5 Å². The molecule has 2 aromatic carbocycles. The molecule has 2 aromatic rings. The second-order valence-corrected chi connectivity index (χ2v) is 9.40. The van der Waals surface area contributed by atoms with Gasteiger partial charge >= 0.3 is 0 Å². The van der Waals surface area contributed by atoms with E-state index in [9.17, 15) is 14.7 Å². The number of amides is 1. The molecule has 2 atom stereocenters. The van der Waals surface area contributed by atoms with E-state index in [0.717, 1.165) is 42.8 Å². The number of carbonyl (C=O) groups excluding carboxylic acids is 2. The molecule has 1 saturated heterocycles. The number of aliphatic hydroxyl groups excluding tert-OH is 1. The van der Waals surface area contributed by atoms with Crippen molar-refractivity contribution in [1.82, 2.24) is 9.80 Å². The number of hydrogen-bond donors (Lipinski definition) is 1. The molecule has 1 amide bonds. The SMILES string of the molecule is CCCOc1cccc([C@@H]2C(=C(O)c3ccc4c(c3)C[C@@H](C)O4)C(=O)C(=O)N2CCN(CC)CC)c1. The summed E-state index contributed by atoms with van der Waals surface area (Å²) in [4.78, 5) is 30.4. The van der Waals surface area contributed by atoms with Crippen LogP contribution in [0.3, 0.4) is 0 Å². The molecule has 7 heteroatoms. The first-order chi connectivity index (χ1) is 17.4. The number of nitrogens with zero attached hydrogens (tertiary/aromatic N) is 2. The van der Waals surface area contributed by atoms with E-state index in [1.54, 1.807) is 11.0 Å². The molecule has 0 unspecified atom stereocenters. The summed E-state index contributed by atoms with van der Waals surface area (Å²) in [5.74, 6) is 0.0445. The third kappa shape index (κ3) is 5.12. The Morgan fingerprint density at radius 3 is 2.64 bits per heavy atom. The lowest BCUT2D eigenvalue weighted by Crippen LogP contribution is -2.38. The van der Waals surface area contributed by atoms with E-state index in [1.165, 1.54) is 0 Å². The molecule has 0 aromatic heterocycles. The van der Waals surface area contributed by atoms with Crippen molar-refractivity contribution < 1.29 is 24.2 Å². The van der Waals surface area contributed by atoms with Crippen LogP contribution in [0.4, 0.5) is 0 Å². The van der Waals surface area contributed by atoms with E-state index in [4.69, 9.17) is 9.47 Å². The van der Waals surface area contributed by atoms with Gasteiger partial charge in [-0.2, -0.15) is 0 Å². The van der Waals surface area contributed by atoms with Crippen molar-refractivity contribution in [2.24, 2.45) is 0 Å². The summed E-state index contributed by atoms with van der Waals surface area (Å²) >= 11 is 0. The van der Waals surface area contributed by atoms with Crippen molar-refractivity contribution in [2.45, 2.75) is 52.7 Å². The van der Waals surface area contributed by atoms with Gasteiger partial charge in [-0.15, -0.1) is 0 Å². The molecule has 0 radical (unpaired) electrons. The first-order valence-electron chi connectivity index (χ1n) is 12.9. The standard InChI is InChI=1S/C29H36N2O5/c1-5-15-35-23-10-8-9-20(18-23)26-25(28(33)29(34)31(26)14-13-30(6-2)7-3)27(32)21-11-12-24-22(17-21)16-19(4)36-24/h8-12,17-19,26,32H,5-7,13-16H2,1-4H3/t19-,26-/m1/s1. The van der Waals surface area contributed by atoms with Crippen molar-refractivity contribution in [3.8, 4) is 11.5 Å². The van der Waals surface area contributed by atoms with Crippen molar-refractivity contribution in [3.63, 3.8) is 0 Å². The highest BCUT2D eigenvalue weighted by molar-refractivity contribution is 6.46. The Hall–Kier alpha value is -3.32. The van der Waals surface area contributed by atoms with Crippen LogP contribution < -0.4 is 9.47 Å². The second kappa shape index (κ2) is 11.2. The number of rotatable bonds is 10. The van der Waals surface area contributed by atoms with Crippen molar-refractivity contribution in [1.29, 1.82) is 0 Å². The average molecular weight is 493 g/mol. The molecule has 2 aliphatic rings. The van der Waals surface area contributed by atoms with Crippen LogP contribution in [0, 0.1) is 0 Å². The van der Waals surface area contributed by atoms with Gasteiger partial charge in [-0.1, -0.05) is 32.9 Å². The first-order valence-corrected chi connectivity index (χ1v) is 12.9. The number of ketones is 1. The maximum atomic E-state index is 13.4. The van der Waals surface area contributed by atoms with Gasteiger partial charge in [0.15, 0.2) is 0 Å². The molecule has 0 bridgehead atoms. The van der Waals surface area contributed by atoms with E-state index >= 15 is 0 Å². The highest BCUT2D eigenvalue weighted by Crippen LogP contribution is 2.41. The Balaban J connectivity index is 1.78. The number of aliphatic hydroxyl groups is 1. The molecule has 7 nitrogen and oxygen atoms in total. The molecule has 0 aliphatic carbocycles. The molecule has 4 rings (SSSR count). The number of carbonyl (C=O) groups is 2. The zero-order valence-corrected chi connectivity index (χ0v) is 21.6. The molecule has 2 heterocycles. The molecule has 0 spiro atoms. The van der Waals surface area contributed by atoms with Gasteiger partial charge in [-0.25, -0.2) is 0 Å². The fourth-order valence-electron chi connectivity index (χ4n) is 4.97. The van der Waals surface area contributed by atoms with E-state index in [-0.39, 0.29) is 17.4 Å². The molecular weight excluding hydrogens is 456 g/mol. The van der Waals surface area contributed by atoms with E-state index < -0.39 is 17.7 Å². The number of benzene rings is 2. The number of fused-ring (bicyclic) bond motifs is 1. The monoisotopic (exact) mass is 492 g/mol. The summed E-state index contributed by atoms with van der Waals surface area (Å²) in [7, 11) is 0. The van der Waals surface area contributed by atoms with Crippen molar-refractivity contribution in [3.05, 3.63) is 64.7 Å². The van der Waals surface area contributed by atoms with Gasteiger partial charge in [0.2, 0.25) is 0 Å². The quantitative estimate of drug-likeness (QED) is 0.298.